The minimum atomic E-state index is 0.781. The topological polar surface area (TPSA) is 12.0 Å². The fourth-order valence-electron chi connectivity index (χ4n) is 1.83. The van der Waals surface area contributed by atoms with Gasteiger partial charge in [-0.15, -0.1) is 0 Å². The molecule has 0 bridgehead atoms. The Morgan fingerprint density at radius 3 is 2.83 bits per heavy atom. The highest BCUT2D eigenvalue weighted by molar-refractivity contribution is 7.99. The lowest BCUT2D eigenvalue weighted by Gasteiger charge is -2.20. The molecule has 0 aromatic carbocycles. The summed E-state index contributed by atoms with van der Waals surface area (Å²) in [5, 5.41) is 3.42. The van der Waals surface area contributed by atoms with E-state index in [1.54, 1.807) is 0 Å². The summed E-state index contributed by atoms with van der Waals surface area (Å²) in [6, 6.07) is 0.781. The Bertz CT molecular complexity index is 127. The molecule has 72 valence electrons. The lowest BCUT2D eigenvalue weighted by atomic mass is 9.91. The lowest BCUT2D eigenvalue weighted by Crippen LogP contribution is -2.33. The Hall–Kier alpha value is 0.310. The van der Waals surface area contributed by atoms with Crippen LogP contribution < -0.4 is 5.32 Å². The number of hydrogen-bond donors (Lipinski definition) is 1. The molecule has 1 N–H and O–H groups in total. The lowest BCUT2D eigenvalue weighted by molar-refractivity contribution is 0.356. The van der Waals surface area contributed by atoms with Crippen LogP contribution >= 0.6 is 11.8 Å². The van der Waals surface area contributed by atoms with E-state index in [-0.39, 0.29) is 0 Å². The molecule has 1 saturated heterocycles. The highest BCUT2D eigenvalue weighted by Gasteiger charge is 2.26. The highest BCUT2D eigenvalue weighted by atomic mass is 32.2. The first kappa shape index (κ1) is 10.4. The third-order valence-electron chi connectivity index (χ3n) is 2.97. The van der Waals surface area contributed by atoms with Gasteiger partial charge in [0.15, 0.2) is 0 Å². The van der Waals surface area contributed by atoms with Crippen molar-refractivity contribution in [3.05, 3.63) is 0 Å². The summed E-state index contributed by atoms with van der Waals surface area (Å²) in [6.45, 7) is 4.66. The minimum Gasteiger partial charge on any atom is -0.316 e. The maximum Gasteiger partial charge on any atom is 0.0191 e. The summed E-state index contributed by atoms with van der Waals surface area (Å²) in [6.07, 6.45) is 2.74. The molecule has 1 rings (SSSR count). The molecule has 1 heterocycles. The summed E-state index contributed by atoms with van der Waals surface area (Å²) in [7, 11) is 2.10. The van der Waals surface area contributed by atoms with Crippen molar-refractivity contribution in [2.24, 2.45) is 11.8 Å². The van der Waals surface area contributed by atoms with Gasteiger partial charge >= 0.3 is 0 Å². The fraction of sp³-hybridized carbons (Fsp3) is 1.00. The highest BCUT2D eigenvalue weighted by Crippen LogP contribution is 2.29. The normalized spacial score (nSPS) is 32.2. The van der Waals surface area contributed by atoms with E-state index in [1.165, 1.54) is 24.3 Å². The molecule has 0 amide bonds. The van der Waals surface area contributed by atoms with Gasteiger partial charge in [-0.1, -0.05) is 20.3 Å². The first-order valence-electron chi connectivity index (χ1n) is 5.03. The van der Waals surface area contributed by atoms with Crippen LogP contribution in [-0.2, 0) is 0 Å². The molecule has 3 unspecified atom stereocenters. The van der Waals surface area contributed by atoms with Gasteiger partial charge in [-0.05, 0) is 31.1 Å². The number of thioether (sulfide) groups is 1. The quantitative estimate of drug-likeness (QED) is 0.725. The Morgan fingerprint density at radius 1 is 1.50 bits per heavy atom. The van der Waals surface area contributed by atoms with Crippen LogP contribution in [0.15, 0.2) is 0 Å². The van der Waals surface area contributed by atoms with Crippen LogP contribution in [0.3, 0.4) is 0 Å². The molecule has 0 radical (unpaired) electrons. The second-order valence-electron chi connectivity index (χ2n) is 3.94. The summed E-state index contributed by atoms with van der Waals surface area (Å²) in [5.74, 6) is 4.52. The first-order valence-corrected chi connectivity index (χ1v) is 6.18. The van der Waals surface area contributed by atoms with Crippen molar-refractivity contribution in [3.63, 3.8) is 0 Å². The zero-order valence-corrected chi connectivity index (χ0v) is 9.29. The van der Waals surface area contributed by atoms with Crippen LogP contribution in [0.4, 0.5) is 0 Å². The van der Waals surface area contributed by atoms with Crippen molar-refractivity contribution >= 4 is 11.8 Å². The SMILES string of the molecule is CCC(C)CC1CSCC1NC. The molecule has 2 heteroatoms. The second-order valence-corrected chi connectivity index (χ2v) is 5.02. The number of nitrogens with one attached hydrogen (secondary N) is 1. The first-order chi connectivity index (χ1) is 5.77. The van der Waals surface area contributed by atoms with Gasteiger partial charge in [0.05, 0.1) is 0 Å². The van der Waals surface area contributed by atoms with Gasteiger partial charge in [-0.25, -0.2) is 0 Å². The Morgan fingerprint density at radius 2 is 2.25 bits per heavy atom. The largest absolute Gasteiger partial charge is 0.316 e. The molecule has 0 saturated carbocycles. The Balaban J connectivity index is 2.30. The zero-order chi connectivity index (χ0) is 8.97. The monoisotopic (exact) mass is 187 g/mol. The van der Waals surface area contributed by atoms with Crippen LogP contribution in [0.25, 0.3) is 0 Å². The minimum absolute atomic E-state index is 0.781. The van der Waals surface area contributed by atoms with Gasteiger partial charge in [0.25, 0.3) is 0 Å². The van der Waals surface area contributed by atoms with E-state index in [2.05, 4.69) is 38.0 Å². The molecular weight excluding hydrogens is 166 g/mol. The third-order valence-corrected chi connectivity index (χ3v) is 4.23. The van der Waals surface area contributed by atoms with Gasteiger partial charge in [0, 0.05) is 11.8 Å². The standard InChI is InChI=1S/C10H21NS/c1-4-8(2)5-9-6-12-7-10(9)11-3/h8-11H,4-7H2,1-3H3. The molecule has 3 atom stereocenters. The average molecular weight is 187 g/mol. The fourth-order valence-corrected chi connectivity index (χ4v) is 3.33. The molecule has 1 nitrogen and oxygen atoms in total. The van der Waals surface area contributed by atoms with Gasteiger partial charge < -0.3 is 5.32 Å². The molecule has 0 spiro atoms. The Kier molecular flexibility index (Phi) is 4.44. The molecular formula is C10H21NS. The average Bonchev–Trinajstić information content (AvgIpc) is 2.51. The smallest absolute Gasteiger partial charge is 0.0191 e. The van der Waals surface area contributed by atoms with Crippen LogP contribution in [0, 0.1) is 11.8 Å². The molecule has 1 aliphatic rings. The molecule has 12 heavy (non-hydrogen) atoms. The molecule has 0 aromatic rings. The molecule has 1 aliphatic heterocycles. The molecule has 0 aliphatic carbocycles. The van der Waals surface area contributed by atoms with Crippen molar-refractivity contribution < 1.29 is 0 Å². The predicted molar refractivity (Wildman–Crippen MR) is 57.7 cm³/mol. The summed E-state index contributed by atoms with van der Waals surface area (Å²) >= 11 is 2.10. The van der Waals surface area contributed by atoms with Gasteiger partial charge in [0.1, 0.15) is 0 Å². The van der Waals surface area contributed by atoms with Crippen molar-refractivity contribution in [3.8, 4) is 0 Å². The van der Waals surface area contributed by atoms with E-state index in [9.17, 15) is 0 Å². The summed E-state index contributed by atoms with van der Waals surface area (Å²) < 4.78 is 0. The van der Waals surface area contributed by atoms with Crippen LogP contribution in [0.2, 0.25) is 0 Å². The van der Waals surface area contributed by atoms with Gasteiger partial charge in [-0.3, -0.25) is 0 Å². The van der Waals surface area contributed by atoms with E-state index >= 15 is 0 Å². The van der Waals surface area contributed by atoms with Crippen LogP contribution in [0.1, 0.15) is 26.7 Å². The maximum absolute atomic E-state index is 3.42. The molecule has 0 aromatic heterocycles. The van der Waals surface area contributed by atoms with Crippen molar-refractivity contribution in [2.45, 2.75) is 32.7 Å². The summed E-state index contributed by atoms with van der Waals surface area (Å²) in [4.78, 5) is 0. The van der Waals surface area contributed by atoms with Crippen LogP contribution in [-0.4, -0.2) is 24.6 Å². The van der Waals surface area contributed by atoms with Crippen LogP contribution in [0.5, 0.6) is 0 Å². The van der Waals surface area contributed by atoms with E-state index in [0.717, 1.165) is 17.9 Å². The van der Waals surface area contributed by atoms with E-state index < -0.39 is 0 Å². The second kappa shape index (κ2) is 5.13. The van der Waals surface area contributed by atoms with E-state index in [0.29, 0.717) is 0 Å². The van der Waals surface area contributed by atoms with Crippen molar-refractivity contribution in [1.29, 1.82) is 0 Å². The molecule has 1 fully saturated rings. The van der Waals surface area contributed by atoms with E-state index in [4.69, 9.17) is 0 Å². The predicted octanol–water partition coefficient (Wildman–Crippen LogP) is 2.37. The maximum atomic E-state index is 3.42. The van der Waals surface area contributed by atoms with Crippen molar-refractivity contribution in [1.82, 2.24) is 5.32 Å². The van der Waals surface area contributed by atoms with Crippen molar-refractivity contribution in [2.75, 3.05) is 18.6 Å². The third kappa shape index (κ3) is 2.67. The van der Waals surface area contributed by atoms with Gasteiger partial charge in [0.2, 0.25) is 0 Å². The zero-order valence-electron chi connectivity index (χ0n) is 8.47. The van der Waals surface area contributed by atoms with Gasteiger partial charge in [-0.2, -0.15) is 11.8 Å². The number of hydrogen-bond acceptors (Lipinski definition) is 2. The number of rotatable bonds is 4. The van der Waals surface area contributed by atoms with E-state index in [1.807, 2.05) is 0 Å². The Labute approximate surface area is 80.7 Å². The summed E-state index contributed by atoms with van der Waals surface area (Å²) in [5.41, 5.74) is 0.